The molecule has 0 bridgehead atoms. The normalized spacial score (nSPS) is 12.0. The third kappa shape index (κ3) is 4.89. The Morgan fingerprint density at radius 3 is 2.68 bits per heavy atom. The summed E-state index contributed by atoms with van der Waals surface area (Å²) < 4.78 is 0. The van der Waals surface area contributed by atoms with E-state index in [0.29, 0.717) is 11.6 Å². The second-order valence-corrected chi connectivity index (χ2v) is 4.97. The number of amides is 1. The smallest absolute Gasteiger partial charge is 0.255 e. The Balaban J connectivity index is 2.62. The fraction of sp³-hybridized carbons (Fsp3) is 0.600. The van der Waals surface area contributed by atoms with Crippen molar-refractivity contribution in [3.05, 3.63) is 23.9 Å². The van der Waals surface area contributed by atoms with Crippen molar-refractivity contribution in [2.24, 2.45) is 0 Å². The van der Waals surface area contributed by atoms with Gasteiger partial charge in [-0.05, 0) is 31.9 Å². The highest BCUT2D eigenvalue weighted by molar-refractivity contribution is 5.93. The number of pyridine rings is 1. The van der Waals surface area contributed by atoms with Crippen molar-refractivity contribution in [3.8, 4) is 0 Å². The first-order valence-electron chi connectivity index (χ1n) is 7.06. The van der Waals surface area contributed by atoms with Crippen LogP contribution in [-0.2, 0) is 0 Å². The first kappa shape index (κ1) is 15.5. The highest BCUT2D eigenvalue weighted by atomic mass is 16.2. The van der Waals surface area contributed by atoms with E-state index >= 15 is 0 Å². The molecule has 1 amide bonds. The number of aromatic nitrogens is 1. The van der Waals surface area contributed by atoms with E-state index in [-0.39, 0.29) is 5.91 Å². The first-order valence-corrected chi connectivity index (χ1v) is 7.06. The Morgan fingerprint density at radius 2 is 2.16 bits per heavy atom. The molecule has 0 fully saturated rings. The maximum atomic E-state index is 12.1. The lowest BCUT2D eigenvalue weighted by atomic mass is 10.2. The zero-order valence-corrected chi connectivity index (χ0v) is 12.4. The molecule has 0 saturated heterocycles. The van der Waals surface area contributed by atoms with E-state index in [9.17, 15) is 4.79 Å². The Hall–Kier alpha value is -1.58. The Morgan fingerprint density at radius 1 is 1.42 bits per heavy atom. The van der Waals surface area contributed by atoms with Gasteiger partial charge in [0.05, 0.1) is 5.56 Å². The molecule has 1 aromatic rings. The van der Waals surface area contributed by atoms with Crippen LogP contribution < -0.4 is 5.32 Å². The highest BCUT2D eigenvalue weighted by Gasteiger charge is 2.11. The molecule has 1 aromatic heterocycles. The molecule has 4 nitrogen and oxygen atoms in total. The number of carbonyl (C=O) groups is 1. The van der Waals surface area contributed by atoms with Gasteiger partial charge in [-0.2, -0.15) is 0 Å². The van der Waals surface area contributed by atoms with Crippen molar-refractivity contribution >= 4 is 11.7 Å². The van der Waals surface area contributed by atoms with Gasteiger partial charge in [0.1, 0.15) is 5.82 Å². The summed E-state index contributed by atoms with van der Waals surface area (Å²) >= 11 is 0. The van der Waals surface area contributed by atoms with Gasteiger partial charge in [0.15, 0.2) is 0 Å². The monoisotopic (exact) mass is 263 g/mol. The maximum Gasteiger partial charge on any atom is 0.255 e. The largest absolute Gasteiger partial charge is 0.368 e. The molecule has 1 N–H and O–H groups in total. The van der Waals surface area contributed by atoms with Crippen LogP contribution in [0.4, 0.5) is 5.82 Å². The Labute approximate surface area is 116 Å². The third-order valence-electron chi connectivity index (χ3n) is 3.21. The van der Waals surface area contributed by atoms with Gasteiger partial charge in [0.2, 0.25) is 0 Å². The van der Waals surface area contributed by atoms with E-state index in [1.165, 1.54) is 0 Å². The average Bonchev–Trinajstić information content (AvgIpc) is 2.44. The standard InChI is InChI=1S/C15H25N3O/c1-5-7-10-18(4)15(19)13-8-9-14(16-11-13)17-12(3)6-2/h8-9,11-12H,5-7,10H2,1-4H3,(H,16,17). The van der Waals surface area contributed by atoms with Crippen LogP contribution >= 0.6 is 0 Å². The summed E-state index contributed by atoms with van der Waals surface area (Å²) in [6, 6.07) is 4.09. The number of hydrogen-bond donors (Lipinski definition) is 1. The number of carbonyl (C=O) groups excluding carboxylic acids is 1. The van der Waals surface area contributed by atoms with Crippen LogP contribution in [0.1, 0.15) is 50.4 Å². The molecule has 19 heavy (non-hydrogen) atoms. The van der Waals surface area contributed by atoms with E-state index in [4.69, 9.17) is 0 Å². The fourth-order valence-electron chi connectivity index (χ4n) is 1.68. The predicted molar refractivity (Wildman–Crippen MR) is 79.5 cm³/mol. The SMILES string of the molecule is CCCCN(C)C(=O)c1ccc(NC(C)CC)nc1. The zero-order chi connectivity index (χ0) is 14.3. The molecule has 0 aromatic carbocycles. The van der Waals surface area contributed by atoms with Gasteiger partial charge in [-0.25, -0.2) is 4.98 Å². The summed E-state index contributed by atoms with van der Waals surface area (Å²) in [7, 11) is 1.84. The quantitative estimate of drug-likeness (QED) is 0.822. The minimum atomic E-state index is 0.0380. The van der Waals surface area contributed by atoms with Gasteiger partial charge in [-0.1, -0.05) is 20.3 Å². The second-order valence-electron chi connectivity index (χ2n) is 4.97. The molecule has 1 rings (SSSR count). The summed E-state index contributed by atoms with van der Waals surface area (Å²) in [6.07, 6.45) is 4.81. The van der Waals surface area contributed by atoms with Gasteiger partial charge in [0.25, 0.3) is 5.91 Å². The lowest BCUT2D eigenvalue weighted by Crippen LogP contribution is -2.27. The van der Waals surface area contributed by atoms with Gasteiger partial charge >= 0.3 is 0 Å². The Bertz CT molecular complexity index is 389. The minimum Gasteiger partial charge on any atom is -0.368 e. The first-order chi connectivity index (χ1) is 9.08. The van der Waals surface area contributed by atoms with E-state index in [0.717, 1.165) is 31.6 Å². The summed E-state index contributed by atoms with van der Waals surface area (Å²) in [5, 5.41) is 3.29. The van der Waals surface area contributed by atoms with E-state index < -0.39 is 0 Å². The van der Waals surface area contributed by atoms with Crippen LogP contribution in [0.5, 0.6) is 0 Å². The minimum absolute atomic E-state index is 0.0380. The van der Waals surface area contributed by atoms with Crippen LogP contribution in [0.3, 0.4) is 0 Å². The van der Waals surface area contributed by atoms with Gasteiger partial charge in [0, 0.05) is 25.8 Å². The van der Waals surface area contributed by atoms with Crippen LogP contribution in [0.2, 0.25) is 0 Å². The van der Waals surface area contributed by atoms with Crippen molar-refractivity contribution in [2.75, 3.05) is 18.9 Å². The van der Waals surface area contributed by atoms with Crippen LogP contribution in [0, 0.1) is 0 Å². The molecule has 0 spiro atoms. The van der Waals surface area contributed by atoms with Gasteiger partial charge in [-0.3, -0.25) is 4.79 Å². The molecular weight excluding hydrogens is 238 g/mol. The van der Waals surface area contributed by atoms with Crippen molar-refractivity contribution in [2.45, 2.75) is 46.1 Å². The summed E-state index contributed by atoms with van der Waals surface area (Å²) in [5.41, 5.74) is 0.647. The molecule has 0 aliphatic carbocycles. The van der Waals surface area contributed by atoms with E-state index in [1.807, 2.05) is 19.2 Å². The van der Waals surface area contributed by atoms with Crippen LogP contribution in [-0.4, -0.2) is 35.4 Å². The molecule has 0 saturated carbocycles. The van der Waals surface area contributed by atoms with Crippen molar-refractivity contribution in [1.29, 1.82) is 0 Å². The molecule has 4 heteroatoms. The van der Waals surface area contributed by atoms with Crippen LogP contribution in [0.25, 0.3) is 0 Å². The molecule has 1 atom stereocenters. The van der Waals surface area contributed by atoms with Crippen LogP contribution in [0.15, 0.2) is 18.3 Å². The molecule has 1 heterocycles. The second kappa shape index (κ2) is 7.77. The number of anilines is 1. The van der Waals surface area contributed by atoms with Gasteiger partial charge in [-0.15, -0.1) is 0 Å². The zero-order valence-electron chi connectivity index (χ0n) is 12.4. The van der Waals surface area contributed by atoms with E-state index in [2.05, 4.69) is 31.1 Å². The number of nitrogens with one attached hydrogen (secondary N) is 1. The van der Waals surface area contributed by atoms with Crippen molar-refractivity contribution in [1.82, 2.24) is 9.88 Å². The highest BCUT2D eigenvalue weighted by Crippen LogP contribution is 2.09. The molecule has 106 valence electrons. The number of unbranched alkanes of at least 4 members (excludes halogenated alkanes) is 1. The third-order valence-corrected chi connectivity index (χ3v) is 3.21. The summed E-state index contributed by atoms with van der Waals surface area (Å²) in [5.74, 6) is 0.859. The van der Waals surface area contributed by atoms with E-state index in [1.54, 1.807) is 11.1 Å². The summed E-state index contributed by atoms with van der Waals surface area (Å²) in [6.45, 7) is 7.15. The molecule has 0 radical (unpaired) electrons. The lowest BCUT2D eigenvalue weighted by molar-refractivity contribution is 0.0793. The fourth-order valence-corrected chi connectivity index (χ4v) is 1.68. The molecular formula is C15H25N3O. The topological polar surface area (TPSA) is 45.2 Å². The number of rotatable bonds is 7. The molecule has 1 unspecified atom stereocenters. The average molecular weight is 263 g/mol. The van der Waals surface area contributed by atoms with Crippen molar-refractivity contribution in [3.63, 3.8) is 0 Å². The molecule has 0 aliphatic rings. The number of nitrogens with zero attached hydrogens (tertiary/aromatic N) is 2. The lowest BCUT2D eigenvalue weighted by Gasteiger charge is -2.17. The maximum absolute atomic E-state index is 12.1. The summed E-state index contributed by atoms with van der Waals surface area (Å²) in [4.78, 5) is 18.1. The predicted octanol–water partition coefficient (Wildman–Crippen LogP) is 3.16. The number of hydrogen-bond acceptors (Lipinski definition) is 3. The van der Waals surface area contributed by atoms with Gasteiger partial charge < -0.3 is 10.2 Å². The molecule has 0 aliphatic heterocycles. The van der Waals surface area contributed by atoms with Crippen molar-refractivity contribution < 1.29 is 4.79 Å². The Kier molecular flexibility index (Phi) is 6.33.